The molecule has 3 aromatic carbocycles. The number of hydrogen-bond acceptors (Lipinski definition) is 5. The minimum Gasteiger partial charge on any atom is -0.454 e. The van der Waals surface area contributed by atoms with Crippen molar-refractivity contribution in [1.82, 2.24) is 5.43 Å². The second kappa shape index (κ2) is 8.48. The number of hydrazone groups is 1. The number of aryl methyl sites for hydroxylation is 1. The third-order valence-electron chi connectivity index (χ3n) is 4.57. The summed E-state index contributed by atoms with van der Waals surface area (Å²) in [6.45, 7) is 2.08. The molecular formula is C23H19N3O4. The maximum absolute atomic E-state index is 12.4. The fraction of sp³-hybridized carbons (Fsp3) is 0.0870. The van der Waals surface area contributed by atoms with Crippen LogP contribution < -0.4 is 20.2 Å². The van der Waals surface area contributed by atoms with Crippen LogP contribution in [0, 0.1) is 6.92 Å². The third-order valence-corrected chi connectivity index (χ3v) is 4.57. The molecule has 0 bridgehead atoms. The van der Waals surface area contributed by atoms with Crippen LogP contribution >= 0.6 is 0 Å². The summed E-state index contributed by atoms with van der Waals surface area (Å²) in [5.74, 6) is 0.779. The molecule has 0 saturated heterocycles. The summed E-state index contributed by atoms with van der Waals surface area (Å²) in [6.07, 6.45) is 1.52. The molecule has 1 aliphatic heterocycles. The van der Waals surface area contributed by atoms with Crippen LogP contribution in [-0.4, -0.2) is 24.8 Å². The number of amides is 2. The first-order valence-electron chi connectivity index (χ1n) is 9.30. The summed E-state index contributed by atoms with van der Waals surface area (Å²) >= 11 is 0. The molecule has 0 aliphatic carbocycles. The maximum Gasteiger partial charge on any atom is 0.271 e. The third kappa shape index (κ3) is 4.30. The average Bonchev–Trinajstić information content (AvgIpc) is 3.22. The molecule has 1 aliphatic rings. The normalized spacial score (nSPS) is 12.0. The van der Waals surface area contributed by atoms with Crippen LogP contribution in [-0.2, 0) is 0 Å². The van der Waals surface area contributed by atoms with E-state index in [2.05, 4.69) is 15.8 Å². The summed E-state index contributed by atoms with van der Waals surface area (Å²) in [4.78, 5) is 24.6. The molecule has 1 heterocycles. The summed E-state index contributed by atoms with van der Waals surface area (Å²) in [5.41, 5.74) is 5.78. The lowest BCUT2D eigenvalue weighted by atomic mass is 10.1. The molecule has 150 valence electrons. The largest absolute Gasteiger partial charge is 0.454 e. The van der Waals surface area contributed by atoms with Gasteiger partial charge in [-0.05, 0) is 66.6 Å². The van der Waals surface area contributed by atoms with Crippen molar-refractivity contribution in [3.8, 4) is 11.5 Å². The molecule has 0 atom stereocenters. The first kappa shape index (κ1) is 19.2. The van der Waals surface area contributed by atoms with Crippen molar-refractivity contribution in [1.29, 1.82) is 0 Å². The Labute approximate surface area is 173 Å². The summed E-state index contributed by atoms with van der Waals surface area (Å²) < 4.78 is 10.6. The molecule has 0 unspecified atom stereocenters. The van der Waals surface area contributed by atoms with Gasteiger partial charge in [0.1, 0.15) is 0 Å². The lowest BCUT2D eigenvalue weighted by Gasteiger charge is -2.08. The van der Waals surface area contributed by atoms with Crippen molar-refractivity contribution < 1.29 is 19.1 Å². The topological polar surface area (TPSA) is 89.0 Å². The SMILES string of the molecule is Cc1ccccc1C(=O)Nc1ccc(C(=O)N/N=C/c2ccc3c(c2)OCO3)cc1. The molecule has 0 fully saturated rings. The number of nitrogens with one attached hydrogen (secondary N) is 2. The smallest absolute Gasteiger partial charge is 0.271 e. The van der Waals surface area contributed by atoms with Crippen molar-refractivity contribution in [3.05, 3.63) is 89.0 Å². The van der Waals surface area contributed by atoms with Crippen LogP contribution in [0.3, 0.4) is 0 Å². The van der Waals surface area contributed by atoms with E-state index in [0.717, 1.165) is 11.1 Å². The van der Waals surface area contributed by atoms with Gasteiger partial charge >= 0.3 is 0 Å². The maximum atomic E-state index is 12.4. The summed E-state index contributed by atoms with van der Waals surface area (Å²) in [5, 5.41) is 6.80. The van der Waals surface area contributed by atoms with Crippen LogP contribution in [0.25, 0.3) is 0 Å². The first-order valence-corrected chi connectivity index (χ1v) is 9.30. The fourth-order valence-corrected chi connectivity index (χ4v) is 2.95. The second-order valence-corrected chi connectivity index (χ2v) is 6.66. The highest BCUT2D eigenvalue weighted by Gasteiger charge is 2.13. The van der Waals surface area contributed by atoms with Crippen LogP contribution in [0.5, 0.6) is 11.5 Å². The number of fused-ring (bicyclic) bond motifs is 1. The minimum atomic E-state index is -0.358. The number of rotatable bonds is 5. The zero-order valence-electron chi connectivity index (χ0n) is 16.2. The molecule has 0 radical (unpaired) electrons. The molecule has 7 heteroatoms. The Hall–Kier alpha value is -4.13. The van der Waals surface area contributed by atoms with Gasteiger partial charge in [-0.1, -0.05) is 18.2 Å². The van der Waals surface area contributed by atoms with Gasteiger partial charge in [0.15, 0.2) is 11.5 Å². The Kier molecular flexibility index (Phi) is 5.43. The minimum absolute atomic E-state index is 0.196. The Morgan fingerprint density at radius 2 is 1.70 bits per heavy atom. The number of benzene rings is 3. The van der Waals surface area contributed by atoms with Gasteiger partial charge < -0.3 is 14.8 Å². The monoisotopic (exact) mass is 401 g/mol. The molecule has 0 aromatic heterocycles. The predicted octanol–water partition coefficient (Wildman–Crippen LogP) is 3.74. The summed E-state index contributed by atoms with van der Waals surface area (Å²) in [7, 11) is 0. The lowest BCUT2D eigenvalue weighted by molar-refractivity contribution is 0.0954. The molecule has 7 nitrogen and oxygen atoms in total. The van der Waals surface area contributed by atoms with Gasteiger partial charge in [0, 0.05) is 16.8 Å². The zero-order valence-corrected chi connectivity index (χ0v) is 16.2. The Morgan fingerprint density at radius 3 is 2.50 bits per heavy atom. The average molecular weight is 401 g/mol. The standard InChI is InChI=1S/C23H19N3O4/c1-15-4-2-3-5-19(15)23(28)25-18-9-7-17(8-10-18)22(27)26-24-13-16-6-11-20-21(12-16)30-14-29-20/h2-13H,14H2,1H3,(H,25,28)(H,26,27)/b24-13+. The lowest BCUT2D eigenvalue weighted by Crippen LogP contribution is -2.18. The van der Waals surface area contributed by atoms with Crippen LogP contribution in [0.15, 0.2) is 71.8 Å². The van der Waals surface area contributed by atoms with E-state index in [9.17, 15) is 9.59 Å². The zero-order chi connectivity index (χ0) is 20.9. The second-order valence-electron chi connectivity index (χ2n) is 6.66. The number of nitrogens with zero attached hydrogens (tertiary/aromatic N) is 1. The van der Waals surface area contributed by atoms with Crippen LogP contribution in [0.2, 0.25) is 0 Å². The van der Waals surface area contributed by atoms with E-state index in [-0.39, 0.29) is 18.6 Å². The van der Waals surface area contributed by atoms with E-state index < -0.39 is 0 Å². The van der Waals surface area contributed by atoms with Crippen molar-refractivity contribution in [2.45, 2.75) is 6.92 Å². The van der Waals surface area contributed by atoms with Crippen molar-refractivity contribution >= 4 is 23.7 Å². The molecule has 0 spiro atoms. The molecule has 4 rings (SSSR count). The quantitative estimate of drug-likeness (QED) is 0.504. The van der Waals surface area contributed by atoms with Crippen molar-refractivity contribution in [3.63, 3.8) is 0 Å². The van der Waals surface area contributed by atoms with Gasteiger partial charge in [-0.15, -0.1) is 0 Å². The van der Waals surface area contributed by atoms with E-state index in [4.69, 9.17) is 9.47 Å². The van der Waals surface area contributed by atoms with Gasteiger partial charge in [-0.3, -0.25) is 9.59 Å². The predicted molar refractivity (Wildman–Crippen MR) is 113 cm³/mol. The van der Waals surface area contributed by atoms with Gasteiger partial charge in [-0.2, -0.15) is 5.10 Å². The fourth-order valence-electron chi connectivity index (χ4n) is 2.95. The van der Waals surface area contributed by atoms with Gasteiger partial charge in [0.2, 0.25) is 6.79 Å². The molecule has 2 amide bonds. The van der Waals surface area contributed by atoms with Crippen molar-refractivity contribution in [2.75, 3.05) is 12.1 Å². The Morgan fingerprint density at radius 1 is 0.933 bits per heavy atom. The highest BCUT2D eigenvalue weighted by atomic mass is 16.7. The van der Waals surface area contributed by atoms with E-state index in [0.29, 0.717) is 28.3 Å². The van der Waals surface area contributed by atoms with Crippen LogP contribution in [0.1, 0.15) is 31.8 Å². The number of hydrogen-bond donors (Lipinski definition) is 2. The number of carbonyl (C=O) groups excluding carboxylic acids is 2. The Balaban J connectivity index is 1.35. The molecule has 2 N–H and O–H groups in total. The van der Waals surface area contributed by atoms with E-state index >= 15 is 0 Å². The molecule has 0 saturated carbocycles. The molecular weight excluding hydrogens is 382 g/mol. The van der Waals surface area contributed by atoms with E-state index in [1.807, 2.05) is 31.2 Å². The molecule has 3 aromatic rings. The van der Waals surface area contributed by atoms with Gasteiger partial charge in [-0.25, -0.2) is 5.43 Å². The number of carbonyl (C=O) groups is 2. The van der Waals surface area contributed by atoms with Gasteiger partial charge in [0.05, 0.1) is 6.21 Å². The Bertz CT molecular complexity index is 1120. The van der Waals surface area contributed by atoms with Gasteiger partial charge in [0.25, 0.3) is 11.8 Å². The number of anilines is 1. The highest BCUT2D eigenvalue weighted by Crippen LogP contribution is 2.31. The summed E-state index contributed by atoms with van der Waals surface area (Å²) in [6, 6.07) is 19.3. The van der Waals surface area contributed by atoms with Crippen molar-refractivity contribution in [2.24, 2.45) is 5.10 Å². The van der Waals surface area contributed by atoms with Crippen LogP contribution in [0.4, 0.5) is 5.69 Å². The van der Waals surface area contributed by atoms with E-state index in [1.165, 1.54) is 6.21 Å². The first-order chi connectivity index (χ1) is 14.6. The van der Waals surface area contributed by atoms with E-state index in [1.54, 1.807) is 42.5 Å². The number of ether oxygens (including phenoxy) is 2. The molecule has 30 heavy (non-hydrogen) atoms. The highest BCUT2D eigenvalue weighted by molar-refractivity contribution is 6.05.